The first-order valence-corrected chi connectivity index (χ1v) is 7.47. The summed E-state index contributed by atoms with van der Waals surface area (Å²) in [6, 6.07) is 4.28. The minimum Gasteiger partial charge on any atom is -0.290 e. The van der Waals surface area contributed by atoms with Gasteiger partial charge >= 0.3 is 7.55 Å². The minimum absolute atomic E-state index is 0.0551. The van der Waals surface area contributed by atoms with Crippen molar-refractivity contribution < 1.29 is 0 Å². The number of hydrogen-bond acceptors (Lipinski definition) is 2. The molecule has 113 valence electrons. The Morgan fingerprint density at radius 3 is 1.33 bits per heavy atom. The first-order chi connectivity index (χ1) is 9.48. The second kappa shape index (κ2) is 5.04. The number of hydrogen-bond donors (Lipinski definition) is 0. The molecule has 2 rings (SSSR count). The van der Waals surface area contributed by atoms with Crippen LogP contribution in [0.25, 0.3) is 0 Å². The summed E-state index contributed by atoms with van der Waals surface area (Å²) >= 11 is 0. The lowest BCUT2D eigenvalue weighted by atomic mass is 9.92. The van der Waals surface area contributed by atoms with Crippen molar-refractivity contribution in [2.24, 2.45) is 0 Å². The van der Waals surface area contributed by atoms with Crippen molar-refractivity contribution in [3.63, 3.8) is 0 Å². The lowest BCUT2D eigenvalue weighted by Gasteiger charge is -2.14. The molecular weight excluding hydrogens is 259 g/mol. The Hall–Kier alpha value is -1.52. The van der Waals surface area contributed by atoms with Crippen LogP contribution in [0.2, 0.25) is 0 Å². The summed E-state index contributed by atoms with van der Waals surface area (Å²) in [5, 5.41) is 9.38. The molecule has 0 unspecified atom stereocenters. The Labute approximate surface area is 128 Å². The Bertz CT molecular complexity index is 582. The van der Waals surface area contributed by atoms with Gasteiger partial charge in [-0.3, -0.25) is 9.19 Å². The fraction of sp³-hybridized carbons (Fsp3) is 0.625. The van der Waals surface area contributed by atoms with Gasteiger partial charge in [-0.1, -0.05) is 41.5 Å². The molecular formula is C16H26BN4. The Kier molecular flexibility index (Phi) is 3.81. The molecule has 0 bridgehead atoms. The molecule has 0 aliphatic heterocycles. The molecule has 21 heavy (non-hydrogen) atoms. The molecule has 0 atom stereocenters. The molecule has 1 radical (unpaired) electrons. The zero-order chi connectivity index (χ0) is 16.0. The van der Waals surface area contributed by atoms with Gasteiger partial charge < -0.3 is 0 Å². The number of aromatic nitrogens is 4. The molecule has 0 amide bonds. The van der Waals surface area contributed by atoms with Crippen LogP contribution < -0.4 is 0 Å². The van der Waals surface area contributed by atoms with Crippen LogP contribution in [0.1, 0.15) is 64.3 Å². The van der Waals surface area contributed by atoms with Gasteiger partial charge in [-0.25, -0.2) is 0 Å². The standard InChI is InChI=1S/C16H26BN4/c1-11-9-13(15(3,4)5)18-20(11)17-21-12(2)10-14(19-21)16(6,7)8/h9-10H,1-8H3. The monoisotopic (exact) mass is 285 g/mol. The van der Waals surface area contributed by atoms with Gasteiger partial charge in [0.15, 0.2) is 0 Å². The Morgan fingerprint density at radius 2 is 1.10 bits per heavy atom. The van der Waals surface area contributed by atoms with Gasteiger partial charge in [-0.05, 0) is 26.0 Å². The summed E-state index contributed by atoms with van der Waals surface area (Å²) in [6.45, 7) is 17.2. The molecule has 0 N–H and O–H groups in total. The van der Waals surface area contributed by atoms with E-state index < -0.39 is 0 Å². The van der Waals surface area contributed by atoms with E-state index in [9.17, 15) is 0 Å². The van der Waals surface area contributed by atoms with E-state index in [0.29, 0.717) is 0 Å². The average molecular weight is 285 g/mol. The molecule has 0 saturated carbocycles. The lowest BCUT2D eigenvalue weighted by Crippen LogP contribution is -2.23. The maximum atomic E-state index is 4.69. The summed E-state index contributed by atoms with van der Waals surface area (Å²) in [6.07, 6.45) is 0. The van der Waals surface area contributed by atoms with Gasteiger partial charge in [0.25, 0.3) is 0 Å². The van der Waals surface area contributed by atoms with E-state index in [1.165, 1.54) is 0 Å². The third kappa shape index (κ3) is 3.39. The molecule has 0 aliphatic rings. The maximum absolute atomic E-state index is 4.69. The fourth-order valence-corrected chi connectivity index (χ4v) is 2.05. The van der Waals surface area contributed by atoms with Crippen molar-refractivity contribution >= 4 is 7.55 Å². The second-order valence-corrected chi connectivity index (χ2v) is 7.85. The van der Waals surface area contributed by atoms with Crippen molar-refractivity contribution in [1.82, 2.24) is 19.4 Å². The van der Waals surface area contributed by atoms with Gasteiger partial charge in [0.2, 0.25) is 0 Å². The average Bonchev–Trinajstić information content (AvgIpc) is 2.84. The summed E-state index contributed by atoms with van der Waals surface area (Å²) in [5.41, 5.74) is 4.53. The predicted molar refractivity (Wildman–Crippen MR) is 87.9 cm³/mol. The summed E-state index contributed by atoms with van der Waals surface area (Å²) in [5.74, 6) is 0. The van der Waals surface area contributed by atoms with Crippen LogP contribution in [0.4, 0.5) is 0 Å². The van der Waals surface area contributed by atoms with Gasteiger partial charge in [-0.2, -0.15) is 10.2 Å². The highest BCUT2D eigenvalue weighted by atomic mass is 15.3. The van der Waals surface area contributed by atoms with Crippen LogP contribution in [-0.2, 0) is 10.8 Å². The van der Waals surface area contributed by atoms with Gasteiger partial charge in [0.1, 0.15) is 0 Å². The largest absolute Gasteiger partial charge is 0.437 e. The zero-order valence-electron chi connectivity index (χ0n) is 14.5. The van der Waals surface area contributed by atoms with Crippen molar-refractivity contribution in [3.05, 3.63) is 34.9 Å². The number of aryl methyl sites for hydroxylation is 2. The minimum atomic E-state index is 0.0551. The summed E-state index contributed by atoms with van der Waals surface area (Å²) in [4.78, 5) is 0. The van der Waals surface area contributed by atoms with Crippen LogP contribution in [0.3, 0.4) is 0 Å². The van der Waals surface area contributed by atoms with E-state index >= 15 is 0 Å². The van der Waals surface area contributed by atoms with E-state index in [4.69, 9.17) is 0 Å². The van der Waals surface area contributed by atoms with E-state index in [-0.39, 0.29) is 10.8 Å². The lowest BCUT2D eigenvalue weighted by molar-refractivity contribution is 0.559. The van der Waals surface area contributed by atoms with Crippen LogP contribution >= 0.6 is 0 Å². The molecule has 0 fully saturated rings. The van der Waals surface area contributed by atoms with Gasteiger partial charge in [0, 0.05) is 22.2 Å². The normalized spacial score (nSPS) is 12.8. The molecule has 0 aromatic carbocycles. The molecule has 2 heterocycles. The molecule has 4 nitrogen and oxygen atoms in total. The van der Waals surface area contributed by atoms with Crippen molar-refractivity contribution in [1.29, 1.82) is 0 Å². The smallest absolute Gasteiger partial charge is 0.290 e. The molecule has 2 aromatic rings. The topological polar surface area (TPSA) is 35.6 Å². The zero-order valence-corrected chi connectivity index (χ0v) is 14.5. The number of rotatable bonds is 2. The molecule has 0 spiro atoms. The summed E-state index contributed by atoms with van der Waals surface area (Å²) in [7, 11) is 1.95. The SMILES string of the molecule is Cc1cc(C(C)(C)C)nn1[B]n1nc(C(C)(C)C)cc1C. The van der Waals surface area contributed by atoms with Crippen LogP contribution in [0.5, 0.6) is 0 Å². The van der Waals surface area contributed by atoms with E-state index in [2.05, 4.69) is 77.7 Å². The van der Waals surface area contributed by atoms with Gasteiger partial charge in [0.05, 0.1) is 11.4 Å². The molecule has 0 saturated heterocycles. The maximum Gasteiger partial charge on any atom is 0.437 e. The first-order valence-electron chi connectivity index (χ1n) is 7.47. The van der Waals surface area contributed by atoms with Crippen LogP contribution in [0.15, 0.2) is 12.1 Å². The quantitative estimate of drug-likeness (QED) is 0.794. The third-order valence-corrected chi connectivity index (χ3v) is 3.60. The van der Waals surface area contributed by atoms with E-state index in [1.54, 1.807) is 0 Å². The van der Waals surface area contributed by atoms with Crippen molar-refractivity contribution in [3.8, 4) is 0 Å². The first kappa shape index (κ1) is 15.9. The highest BCUT2D eigenvalue weighted by Gasteiger charge is 2.22. The molecule has 2 aromatic heterocycles. The highest BCUT2D eigenvalue weighted by Crippen LogP contribution is 2.22. The van der Waals surface area contributed by atoms with Crippen molar-refractivity contribution in [2.75, 3.05) is 0 Å². The second-order valence-electron chi connectivity index (χ2n) is 7.85. The van der Waals surface area contributed by atoms with E-state index in [0.717, 1.165) is 22.8 Å². The third-order valence-electron chi connectivity index (χ3n) is 3.60. The van der Waals surface area contributed by atoms with Gasteiger partial charge in [-0.15, -0.1) is 0 Å². The predicted octanol–water partition coefficient (Wildman–Crippen LogP) is 3.22. The fourth-order valence-electron chi connectivity index (χ4n) is 2.05. The van der Waals surface area contributed by atoms with E-state index in [1.807, 2.05) is 16.7 Å². The Balaban J connectivity index is 2.31. The number of nitrogens with zero attached hydrogens (tertiary/aromatic N) is 4. The highest BCUT2D eigenvalue weighted by molar-refractivity contribution is 6.31. The molecule has 0 aliphatic carbocycles. The summed E-state index contributed by atoms with van der Waals surface area (Å²) < 4.78 is 3.82. The molecule has 5 heteroatoms. The van der Waals surface area contributed by atoms with Crippen LogP contribution in [0, 0.1) is 13.8 Å². The van der Waals surface area contributed by atoms with Crippen molar-refractivity contribution in [2.45, 2.75) is 66.2 Å². The Morgan fingerprint density at radius 1 is 0.762 bits per heavy atom. The van der Waals surface area contributed by atoms with Crippen LogP contribution in [-0.4, -0.2) is 26.9 Å².